The lowest BCUT2D eigenvalue weighted by Crippen LogP contribution is -2.34. The fourth-order valence-corrected chi connectivity index (χ4v) is 1.42. The normalized spacial score (nSPS) is 29.0. The minimum atomic E-state index is 0.469. The lowest BCUT2D eigenvalue weighted by atomic mass is 9.86. The Kier molecular flexibility index (Phi) is 1.80. The van der Waals surface area contributed by atoms with Crippen LogP contribution in [0.25, 0.3) is 0 Å². The molecule has 1 nitrogen and oxygen atoms in total. The van der Waals surface area contributed by atoms with Gasteiger partial charge in [0.1, 0.15) is 0 Å². The van der Waals surface area contributed by atoms with E-state index in [0.29, 0.717) is 5.41 Å². The molecule has 1 rings (SSSR count). The van der Waals surface area contributed by atoms with Crippen LogP contribution in [0.5, 0.6) is 0 Å². The maximum absolute atomic E-state index is 3.50. The predicted molar refractivity (Wildman–Crippen MR) is 40.5 cm³/mol. The van der Waals surface area contributed by atoms with Gasteiger partial charge in [-0.1, -0.05) is 20.8 Å². The topological polar surface area (TPSA) is 12.0 Å². The van der Waals surface area contributed by atoms with Gasteiger partial charge in [-0.15, -0.1) is 0 Å². The summed E-state index contributed by atoms with van der Waals surface area (Å²) in [6.45, 7) is 8.13. The molecule has 1 N–H and O–H groups in total. The van der Waals surface area contributed by atoms with Gasteiger partial charge in [0.25, 0.3) is 0 Å². The number of hydrogen-bond acceptors (Lipinski definition) is 1. The van der Waals surface area contributed by atoms with Crippen LogP contribution in [0.2, 0.25) is 0 Å². The van der Waals surface area contributed by atoms with Gasteiger partial charge in [-0.2, -0.15) is 0 Å². The molecule has 1 heterocycles. The van der Waals surface area contributed by atoms with Crippen molar-refractivity contribution in [2.75, 3.05) is 6.54 Å². The molecule has 0 aromatic carbocycles. The Morgan fingerprint density at radius 3 is 2.22 bits per heavy atom. The quantitative estimate of drug-likeness (QED) is 0.523. The van der Waals surface area contributed by atoms with Crippen molar-refractivity contribution in [2.24, 2.45) is 5.41 Å². The monoisotopic (exact) mass is 127 g/mol. The lowest BCUT2D eigenvalue weighted by molar-refractivity contribution is 0.295. The van der Waals surface area contributed by atoms with Gasteiger partial charge in [-0.25, -0.2) is 0 Å². The molecule has 0 bridgehead atoms. The first-order chi connectivity index (χ1) is 4.11. The highest BCUT2D eigenvalue weighted by Gasteiger charge is 2.26. The number of nitrogens with one attached hydrogen (secondary N) is 1. The first-order valence-electron chi connectivity index (χ1n) is 3.84. The van der Waals surface area contributed by atoms with Crippen molar-refractivity contribution < 1.29 is 0 Å². The van der Waals surface area contributed by atoms with Crippen molar-refractivity contribution in [1.29, 1.82) is 0 Å². The van der Waals surface area contributed by atoms with Crippen LogP contribution >= 0.6 is 0 Å². The van der Waals surface area contributed by atoms with Crippen molar-refractivity contribution in [3.05, 3.63) is 0 Å². The van der Waals surface area contributed by atoms with Crippen LogP contribution in [0, 0.1) is 5.41 Å². The molecule has 0 aliphatic carbocycles. The largest absolute Gasteiger partial charge is 0.313 e. The van der Waals surface area contributed by atoms with Crippen molar-refractivity contribution in [1.82, 2.24) is 5.32 Å². The summed E-state index contributed by atoms with van der Waals surface area (Å²) in [4.78, 5) is 0. The van der Waals surface area contributed by atoms with Crippen LogP contribution in [0.15, 0.2) is 0 Å². The first-order valence-corrected chi connectivity index (χ1v) is 3.84. The van der Waals surface area contributed by atoms with E-state index in [0.717, 1.165) is 6.04 Å². The second-order valence-electron chi connectivity index (χ2n) is 4.01. The van der Waals surface area contributed by atoms with Crippen LogP contribution < -0.4 is 5.32 Å². The van der Waals surface area contributed by atoms with Crippen molar-refractivity contribution in [3.8, 4) is 0 Å². The van der Waals surface area contributed by atoms with Gasteiger partial charge in [-0.05, 0) is 24.8 Å². The summed E-state index contributed by atoms with van der Waals surface area (Å²) in [6.07, 6.45) is 2.73. The van der Waals surface area contributed by atoms with Gasteiger partial charge in [0, 0.05) is 6.04 Å². The molecule has 0 saturated carbocycles. The average molecular weight is 127 g/mol. The SMILES string of the molecule is CC(C)(C)[C@@H]1CCCN1. The molecule has 0 aromatic heterocycles. The summed E-state index contributed by atoms with van der Waals surface area (Å²) >= 11 is 0. The highest BCUT2D eigenvalue weighted by Crippen LogP contribution is 2.25. The van der Waals surface area contributed by atoms with Crippen molar-refractivity contribution >= 4 is 0 Å². The maximum atomic E-state index is 3.50. The minimum Gasteiger partial charge on any atom is -0.313 e. The molecule has 1 aliphatic heterocycles. The lowest BCUT2D eigenvalue weighted by Gasteiger charge is -2.26. The molecule has 0 spiro atoms. The summed E-state index contributed by atoms with van der Waals surface area (Å²) < 4.78 is 0. The standard InChI is InChI=1S/C8H17N/c1-8(2,3)7-5-4-6-9-7/h7,9H,4-6H2,1-3H3/t7-/m0/s1. The van der Waals surface area contributed by atoms with Gasteiger partial charge in [-0.3, -0.25) is 0 Å². The zero-order valence-electron chi connectivity index (χ0n) is 6.70. The van der Waals surface area contributed by atoms with Crippen LogP contribution in [0.3, 0.4) is 0 Å². The Morgan fingerprint density at radius 1 is 1.33 bits per heavy atom. The Balaban J connectivity index is 2.42. The van der Waals surface area contributed by atoms with E-state index in [-0.39, 0.29) is 0 Å². The minimum absolute atomic E-state index is 0.469. The predicted octanol–water partition coefficient (Wildman–Crippen LogP) is 1.78. The van der Waals surface area contributed by atoms with E-state index in [9.17, 15) is 0 Å². The Labute approximate surface area is 57.8 Å². The third-order valence-electron chi connectivity index (χ3n) is 2.11. The third-order valence-corrected chi connectivity index (χ3v) is 2.11. The summed E-state index contributed by atoms with van der Waals surface area (Å²) in [5.41, 5.74) is 0.469. The smallest absolute Gasteiger partial charge is 0.0116 e. The molecule has 1 fully saturated rings. The number of hydrogen-bond donors (Lipinski definition) is 1. The zero-order chi connectivity index (χ0) is 6.91. The molecule has 1 atom stereocenters. The molecule has 1 aliphatic rings. The average Bonchev–Trinajstić information content (AvgIpc) is 2.08. The van der Waals surface area contributed by atoms with Crippen molar-refractivity contribution in [2.45, 2.75) is 39.7 Å². The van der Waals surface area contributed by atoms with E-state index in [1.54, 1.807) is 0 Å². The highest BCUT2D eigenvalue weighted by molar-refractivity contribution is 4.84. The fourth-order valence-electron chi connectivity index (χ4n) is 1.42. The van der Waals surface area contributed by atoms with E-state index >= 15 is 0 Å². The van der Waals surface area contributed by atoms with E-state index in [4.69, 9.17) is 0 Å². The summed E-state index contributed by atoms with van der Waals surface area (Å²) in [6, 6.07) is 0.762. The molecule has 1 heteroatoms. The Hall–Kier alpha value is -0.0400. The molecule has 0 unspecified atom stereocenters. The van der Waals surface area contributed by atoms with Crippen LogP contribution in [0.4, 0.5) is 0 Å². The molecule has 9 heavy (non-hydrogen) atoms. The van der Waals surface area contributed by atoms with Gasteiger partial charge in [0.15, 0.2) is 0 Å². The van der Waals surface area contributed by atoms with E-state index < -0.39 is 0 Å². The molecule has 0 radical (unpaired) electrons. The first kappa shape index (κ1) is 7.07. The third kappa shape index (κ3) is 1.68. The molecule has 1 saturated heterocycles. The van der Waals surface area contributed by atoms with Gasteiger partial charge in [0.2, 0.25) is 0 Å². The zero-order valence-corrected chi connectivity index (χ0v) is 6.70. The van der Waals surface area contributed by atoms with Crippen LogP contribution in [-0.4, -0.2) is 12.6 Å². The fraction of sp³-hybridized carbons (Fsp3) is 1.00. The molecule has 54 valence electrons. The highest BCUT2D eigenvalue weighted by atomic mass is 14.9. The van der Waals surface area contributed by atoms with Crippen LogP contribution in [-0.2, 0) is 0 Å². The van der Waals surface area contributed by atoms with Gasteiger partial charge >= 0.3 is 0 Å². The summed E-state index contributed by atoms with van der Waals surface area (Å²) in [5, 5.41) is 3.50. The molecule has 0 aromatic rings. The summed E-state index contributed by atoms with van der Waals surface area (Å²) in [7, 11) is 0. The van der Waals surface area contributed by atoms with Gasteiger partial charge < -0.3 is 5.32 Å². The van der Waals surface area contributed by atoms with Gasteiger partial charge in [0.05, 0.1) is 0 Å². The number of rotatable bonds is 0. The van der Waals surface area contributed by atoms with E-state index in [2.05, 4.69) is 26.1 Å². The second-order valence-corrected chi connectivity index (χ2v) is 4.01. The Bertz CT molecular complexity index is 85.2. The van der Waals surface area contributed by atoms with E-state index in [1.165, 1.54) is 19.4 Å². The van der Waals surface area contributed by atoms with Crippen molar-refractivity contribution in [3.63, 3.8) is 0 Å². The van der Waals surface area contributed by atoms with E-state index in [1.807, 2.05) is 0 Å². The van der Waals surface area contributed by atoms with Crippen LogP contribution in [0.1, 0.15) is 33.6 Å². The molecular weight excluding hydrogens is 110 g/mol. The summed E-state index contributed by atoms with van der Waals surface area (Å²) in [5.74, 6) is 0. The molecule has 0 amide bonds. The molecular formula is C8H17N. The Morgan fingerprint density at radius 2 is 2.00 bits per heavy atom. The maximum Gasteiger partial charge on any atom is 0.0116 e. The second kappa shape index (κ2) is 2.30.